The lowest BCUT2D eigenvalue weighted by molar-refractivity contribution is 0.203. The average Bonchev–Trinajstić information content (AvgIpc) is 2.97. The van der Waals surface area contributed by atoms with Crippen LogP contribution in [0.5, 0.6) is 0 Å². The quantitative estimate of drug-likeness (QED) is 0.456. The van der Waals surface area contributed by atoms with Crippen LogP contribution in [0.2, 0.25) is 0 Å². The van der Waals surface area contributed by atoms with E-state index in [1.807, 2.05) is 5.57 Å². The summed E-state index contributed by atoms with van der Waals surface area (Å²) in [4.78, 5) is 0. The van der Waals surface area contributed by atoms with Crippen LogP contribution in [-0.4, -0.2) is 0 Å². The number of hydrogen-bond donors (Lipinski definition) is 0. The molecule has 0 nitrogen and oxygen atoms in total. The zero-order valence-electron chi connectivity index (χ0n) is 10.4. The SMILES string of the molecule is CC/C=C1/C(C)C2CC1C1C3C=CC(C3)C21. The van der Waals surface area contributed by atoms with Gasteiger partial charge in [-0.3, -0.25) is 0 Å². The molecule has 0 aromatic rings. The van der Waals surface area contributed by atoms with E-state index in [2.05, 4.69) is 32.1 Å². The Morgan fingerprint density at radius 1 is 1.19 bits per heavy atom. The Balaban J connectivity index is 1.75. The van der Waals surface area contributed by atoms with Crippen molar-refractivity contribution >= 4 is 0 Å². The molecule has 0 aromatic carbocycles. The van der Waals surface area contributed by atoms with Gasteiger partial charge in [0.1, 0.15) is 0 Å². The monoisotopic (exact) mass is 214 g/mol. The largest absolute Gasteiger partial charge is 0.0850 e. The third kappa shape index (κ3) is 0.931. The van der Waals surface area contributed by atoms with Crippen molar-refractivity contribution in [1.29, 1.82) is 0 Å². The van der Waals surface area contributed by atoms with Crippen molar-refractivity contribution in [2.75, 3.05) is 0 Å². The lowest BCUT2D eigenvalue weighted by Gasteiger charge is -2.37. The molecule has 3 fully saturated rings. The number of allylic oxidation sites excluding steroid dienone is 4. The fourth-order valence-electron chi connectivity index (χ4n) is 5.73. The lowest BCUT2D eigenvalue weighted by atomic mass is 9.67. The summed E-state index contributed by atoms with van der Waals surface area (Å²) in [5.41, 5.74) is 1.84. The molecule has 86 valence electrons. The van der Waals surface area contributed by atoms with Gasteiger partial charge >= 0.3 is 0 Å². The fraction of sp³-hybridized carbons (Fsp3) is 0.750. The van der Waals surface area contributed by atoms with Crippen LogP contribution in [0.15, 0.2) is 23.8 Å². The third-order valence-corrected chi connectivity index (χ3v) is 6.10. The van der Waals surface area contributed by atoms with E-state index in [9.17, 15) is 0 Å². The Kier molecular flexibility index (Phi) is 1.80. The van der Waals surface area contributed by atoms with Gasteiger partial charge in [0.2, 0.25) is 0 Å². The van der Waals surface area contributed by atoms with Gasteiger partial charge in [-0.25, -0.2) is 0 Å². The maximum Gasteiger partial charge on any atom is -0.0161 e. The molecule has 0 amide bonds. The molecule has 0 radical (unpaired) electrons. The average molecular weight is 214 g/mol. The van der Waals surface area contributed by atoms with Crippen molar-refractivity contribution in [2.24, 2.45) is 41.4 Å². The van der Waals surface area contributed by atoms with Gasteiger partial charge in [-0.05, 0) is 60.7 Å². The second-order valence-corrected chi connectivity index (χ2v) is 6.51. The van der Waals surface area contributed by atoms with Crippen LogP contribution in [0.25, 0.3) is 0 Å². The molecule has 0 spiro atoms. The third-order valence-electron chi connectivity index (χ3n) is 6.10. The van der Waals surface area contributed by atoms with Crippen molar-refractivity contribution in [3.63, 3.8) is 0 Å². The minimum absolute atomic E-state index is 0.902. The standard InChI is InChI=1S/C16H22/c1-3-4-12-9(2)13-8-14(12)16-11-6-5-10(7-11)15(13)16/h4-6,9-11,13-16H,3,7-8H2,1-2H3/b12-4-. The Morgan fingerprint density at radius 3 is 2.69 bits per heavy atom. The second-order valence-electron chi connectivity index (χ2n) is 6.51. The molecule has 0 aliphatic heterocycles. The van der Waals surface area contributed by atoms with Crippen LogP contribution in [-0.2, 0) is 0 Å². The highest BCUT2D eigenvalue weighted by atomic mass is 14.7. The molecular formula is C16H22. The normalized spacial score (nSPS) is 58.9. The van der Waals surface area contributed by atoms with E-state index in [4.69, 9.17) is 0 Å². The first-order chi connectivity index (χ1) is 7.81. The van der Waals surface area contributed by atoms with Gasteiger partial charge in [0.05, 0.1) is 0 Å². The van der Waals surface area contributed by atoms with Crippen LogP contribution < -0.4 is 0 Å². The van der Waals surface area contributed by atoms with Crippen molar-refractivity contribution < 1.29 is 0 Å². The zero-order valence-corrected chi connectivity index (χ0v) is 10.4. The Hall–Kier alpha value is -0.520. The van der Waals surface area contributed by atoms with Gasteiger partial charge < -0.3 is 0 Å². The molecular weight excluding hydrogens is 192 g/mol. The van der Waals surface area contributed by atoms with E-state index >= 15 is 0 Å². The Morgan fingerprint density at radius 2 is 1.94 bits per heavy atom. The van der Waals surface area contributed by atoms with E-state index in [1.54, 1.807) is 0 Å². The summed E-state index contributed by atoms with van der Waals surface area (Å²) in [7, 11) is 0. The second kappa shape index (κ2) is 3.03. The van der Waals surface area contributed by atoms with E-state index < -0.39 is 0 Å². The molecule has 7 unspecified atom stereocenters. The predicted molar refractivity (Wildman–Crippen MR) is 66.9 cm³/mol. The maximum absolute atomic E-state index is 2.56. The molecule has 0 N–H and O–H groups in total. The lowest BCUT2D eigenvalue weighted by Crippen LogP contribution is -2.31. The maximum atomic E-state index is 2.56. The first kappa shape index (κ1) is 9.50. The summed E-state index contributed by atoms with van der Waals surface area (Å²) in [5.74, 6) is 6.96. The first-order valence-electron chi connectivity index (χ1n) is 7.19. The summed E-state index contributed by atoms with van der Waals surface area (Å²) in [5, 5.41) is 0. The Labute approximate surface area is 98.8 Å². The van der Waals surface area contributed by atoms with Gasteiger partial charge in [-0.15, -0.1) is 0 Å². The molecule has 0 heteroatoms. The van der Waals surface area contributed by atoms with Gasteiger partial charge in [0.25, 0.3) is 0 Å². The van der Waals surface area contributed by atoms with E-state index in [1.165, 1.54) is 19.3 Å². The Bertz CT molecular complexity index is 375. The zero-order chi connectivity index (χ0) is 10.9. The van der Waals surface area contributed by atoms with Gasteiger partial charge in [0.15, 0.2) is 0 Å². The van der Waals surface area contributed by atoms with E-state index in [0.717, 1.165) is 41.4 Å². The molecule has 16 heavy (non-hydrogen) atoms. The molecule has 4 aliphatic rings. The highest BCUT2D eigenvalue weighted by molar-refractivity contribution is 5.30. The number of rotatable bonds is 1. The molecule has 0 saturated heterocycles. The van der Waals surface area contributed by atoms with Crippen molar-refractivity contribution in [1.82, 2.24) is 0 Å². The summed E-state index contributed by atoms with van der Waals surface area (Å²) in [6, 6.07) is 0. The number of fused-ring (bicyclic) bond motifs is 9. The van der Waals surface area contributed by atoms with Crippen LogP contribution in [0, 0.1) is 41.4 Å². The smallest absolute Gasteiger partial charge is 0.0161 e. The summed E-state index contributed by atoms with van der Waals surface area (Å²) >= 11 is 0. The topological polar surface area (TPSA) is 0 Å². The van der Waals surface area contributed by atoms with Crippen LogP contribution >= 0.6 is 0 Å². The molecule has 3 saturated carbocycles. The minimum atomic E-state index is 0.902. The molecule has 7 atom stereocenters. The van der Waals surface area contributed by atoms with Gasteiger partial charge in [-0.1, -0.05) is 37.6 Å². The highest BCUT2D eigenvalue weighted by Crippen LogP contribution is 2.68. The molecule has 4 rings (SSSR count). The van der Waals surface area contributed by atoms with Gasteiger partial charge in [-0.2, -0.15) is 0 Å². The first-order valence-corrected chi connectivity index (χ1v) is 7.19. The fourth-order valence-corrected chi connectivity index (χ4v) is 5.73. The molecule has 4 aliphatic carbocycles. The predicted octanol–water partition coefficient (Wildman–Crippen LogP) is 4.05. The van der Waals surface area contributed by atoms with Crippen molar-refractivity contribution in [2.45, 2.75) is 33.1 Å². The summed E-state index contributed by atoms with van der Waals surface area (Å²) in [6.45, 7) is 4.79. The minimum Gasteiger partial charge on any atom is -0.0850 e. The molecule has 0 aromatic heterocycles. The summed E-state index contributed by atoms with van der Waals surface area (Å²) < 4.78 is 0. The van der Waals surface area contributed by atoms with Gasteiger partial charge in [0, 0.05) is 0 Å². The van der Waals surface area contributed by atoms with Crippen LogP contribution in [0.4, 0.5) is 0 Å². The van der Waals surface area contributed by atoms with Crippen molar-refractivity contribution in [3.05, 3.63) is 23.8 Å². The van der Waals surface area contributed by atoms with Crippen LogP contribution in [0.3, 0.4) is 0 Å². The van der Waals surface area contributed by atoms with Crippen LogP contribution in [0.1, 0.15) is 33.1 Å². The summed E-state index contributed by atoms with van der Waals surface area (Å²) in [6.07, 6.45) is 11.9. The van der Waals surface area contributed by atoms with E-state index in [-0.39, 0.29) is 0 Å². The highest BCUT2D eigenvalue weighted by Gasteiger charge is 2.61. The van der Waals surface area contributed by atoms with Crippen molar-refractivity contribution in [3.8, 4) is 0 Å². The number of hydrogen-bond acceptors (Lipinski definition) is 0. The van der Waals surface area contributed by atoms with E-state index in [0.29, 0.717) is 0 Å². The molecule has 4 bridgehead atoms. The molecule has 0 heterocycles.